The summed E-state index contributed by atoms with van der Waals surface area (Å²) in [6.45, 7) is 2.88. The van der Waals surface area contributed by atoms with Crippen molar-refractivity contribution in [2.75, 3.05) is 11.1 Å². The Hall–Kier alpha value is -2.64. The summed E-state index contributed by atoms with van der Waals surface area (Å²) >= 11 is 3.28. The highest BCUT2D eigenvalue weighted by Gasteiger charge is 2.22. The number of hydrogen-bond acceptors (Lipinski definition) is 5. The number of benzene rings is 2. The second-order valence-corrected chi connectivity index (χ2v) is 9.58. The number of thioether (sulfide) groups is 1. The zero-order valence-corrected chi connectivity index (χ0v) is 19.1. The van der Waals surface area contributed by atoms with Gasteiger partial charge >= 0.3 is 0 Å². The Bertz CT molecular complexity index is 1240. The van der Waals surface area contributed by atoms with E-state index in [0.29, 0.717) is 5.75 Å². The molecule has 5 nitrogen and oxygen atoms in total. The third kappa shape index (κ3) is 4.00. The van der Waals surface area contributed by atoms with Gasteiger partial charge < -0.3 is 9.88 Å². The van der Waals surface area contributed by atoms with Gasteiger partial charge in [-0.05, 0) is 49.6 Å². The summed E-state index contributed by atoms with van der Waals surface area (Å²) < 4.78 is 2.13. The molecule has 0 saturated heterocycles. The predicted molar refractivity (Wildman–Crippen MR) is 129 cm³/mol. The minimum atomic E-state index is -0.0403. The number of hydrogen-bond donors (Lipinski definition) is 1. The molecule has 4 aromatic rings. The molecule has 7 heteroatoms. The van der Waals surface area contributed by atoms with Crippen LogP contribution in [0.3, 0.4) is 0 Å². The molecule has 0 spiro atoms. The first-order valence-corrected chi connectivity index (χ1v) is 12.5. The lowest BCUT2D eigenvalue weighted by atomic mass is 9.96. The van der Waals surface area contributed by atoms with Gasteiger partial charge in [-0.1, -0.05) is 48.2 Å². The fraction of sp³-hybridized carbons (Fsp3) is 0.292. The van der Waals surface area contributed by atoms with E-state index in [4.69, 9.17) is 0 Å². The molecule has 0 radical (unpaired) electrons. The minimum absolute atomic E-state index is 0.0403. The van der Waals surface area contributed by atoms with Gasteiger partial charge in [0.25, 0.3) is 0 Å². The van der Waals surface area contributed by atoms with Gasteiger partial charge in [0.1, 0.15) is 0 Å². The standard InChI is InChI=1S/C24H24N4OS2/c1-2-28-23(19-14-30-21-13-6-5-11-18(19)21)26-27-24(28)31-15-22(29)25-20-12-7-9-16-8-3-4-10-17(16)20/h3-4,7-10,12,14H,2,5-6,11,13,15H2,1H3,(H,25,29). The van der Waals surface area contributed by atoms with Crippen LogP contribution in [0, 0.1) is 0 Å². The Morgan fingerprint density at radius 2 is 1.97 bits per heavy atom. The lowest BCUT2D eigenvalue weighted by Gasteiger charge is -2.13. The zero-order chi connectivity index (χ0) is 21.2. The molecule has 0 atom stereocenters. The fourth-order valence-electron chi connectivity index (χ4n) is 4.21. The Kier molecular flexibility index (Phi) is 5.78. The molecular formula is C24H24N4OS2. The van der Waals surface area contributed by atoms with Crippen LogP contribution < -0.4 is 5.32 Å². The summed E-state index contributed by atoms with van der Waals surface area (Å²) in [5.74, 6) is 1.18. The lowest BCUT2D eigenvalue weighted by molar-refractivity contribution is -0.113. The Labute approximate surface area is 189 Å². The van der Waals surface area contributed by atoms with Gasteiger partial charge in [0, 0.05) is 33.4 Å². The van der Waals surface area contributed by atoms with Crippen molar-refractivity contribution in [2.45, 2.75) is 44.3 Å². The van der Waals surface area contributed by atoms with Gasteiger partial charge in [-0.25, -0.2) is 0 Å². The van der Waals surface area contributed by atoms with Crippen molar-refractivity contribution < 1.29 is 4.79 Å². The number of carbonyl (C=O) groups is 1. The minimum Gasteiger partial charge on any atom is -0.325 e. The first kappa shape index (κ1) is 20.3. The second-order valence-electron chi connectivity index (χ2n) is 7.67. The van der Waals surface area contributed by atoms with E-state index >= 15 is 0 Å². The highest BCUT2D eigenvalue weighted by molar-refractivity contribution is 7.99. The van der Waals surface area contributed by atoms with E-state index in [-0.39, 0.29) is 5.91 Å². The summed E-state index contributed by atoms with van der Waals surface area (Å²) in [6.07, 6.45) is 4.82. The zero-order valence-electron chi connectivity index (χ0n) is 17.4. The highest BCUT2D eigenvalue weighted by Crippen LogP contribution is 2.36. The van der Waals surface area contributed by atoms with Gasteiger partial charge in [-0.3, -0.25) is 4.79 Å². The summed E-state index contributed by atoms with van der Waals surface area (Å²) in [6, 6.07) is 14.0. The summed E-state index contributed by atoms with van der Waals surface area (Å²) in [5.41, 5.74) is 3.51. The second kappa shape index (κ2) is 8.85. The normalized spacial score (nSPS) is 13.3. The molecule has 1 aliphatic carbocycles. The van der Waals surface area contributed by atoms with E-state index in [9.17, 15) is 4.79 Å². The predicted octanol–water partition coefficient (Wildman–Crippen LogP) is 5.79. The first-order chi connectivity index (χ1) is 15.2. The van der Waals surface area contributed by atoms with E-state index in [0.717, 1.165) is 40.4 Å². The van der Waals surface area contributed by atoms with E-state index in [1.807, 2.05) is 53.8 Å². The number of fused-ring (bicyclic) bond motifs is 2. The van der Waals surface area contributed by atoms with Gasteiger partial charge in [-0.15, -0.1) is 21.5 Å². The van der Waals surface area contributed by atoms with Crippen LogP contribution in [-0.2, 0) is 24.2 Å². The maximum absolute atomic E-state index is 12.7. The number of thiophene rings is 1. The van der Waals surface area contributed by atoms with Crippen LogP contribution in [0.1, 0.15) is 30.2 Å². The maximum atomic E-state index is 12.7. The summed E-state index contributed by atoms with van der Waals surface area (Å²) in [4.78, 5) is 14.2. The van der Waals surface area contributed by atoms with Crippen LogP contribution in [0.5, 0.6) is 0 Å². The molecule has 2 heterocycles. The van der Waals surface area contributed by atoms with Gasteiger partial charge in [0.2, 0.25) is 5.91 Å². The van der Waals surface area contributed by atoms with Crippen molar-refractivity contribution in [1.82, 2.24) is 14.8 Å². The molecule has 0 bridgehead atoms. The van der Waals surface area contributed by atoms with Crippen LogP contribution in [-0.4, -0.2) is 26.4 Å². The molecule has 0 saturated carbocycles. The SMILES string of the molecule is CCn1c(SCC(=O)Nc2cccc3ccccc23)nnc1-c1csc2c1CCCC2. The first-order valence-electron chi connectivity index (χ1n) is 10.7. The third-order valence-corrected chi connectivity index (χ3v) is 7.79. The molecule has 2 aromatic heterocycles. The molecule has 2 aromatic carbocycles. The molecule has 0 fully saturated rings. The van der Waals surface area contributed by atoms with Crippen molar-refractivity contribution >= 4 is 45.5 Å². The fourth-order valence-corrected chi connectivity index (χ4v) is 6.14. The van der Waals surface area contributed by atoms with Gasteiger partial charge in [0.05, 0.1) is 5.75 Å². The van der Waals surface area contributed by atoms with Crippen molar-refractivity contribution in [1.29, 1.82) is 0 Å². The Balaban J connectivity index is 1.32. The summed E-state index contributed by atoms with van der Waals surface area (Å²) in [7, 11) is 0. The molecule has 0 unspecified atom stereocenters. The van der Waals surface area contributed by atoms with Crippen molar-refractivity contribution in [2.24, 2.45) is 0 Å². The van der Waals surface area contributed by atoms with Crippen LogP contribution >= 0.6 is 23.1 Å². The topological polar surface area (TPSA) is 59.8 Å². The Morgan fingerprint density at radius 1 is 1.13 bits per heavy atom. The van der Waals surface area contributed by atoms with Crippen LogP contribution in [0.2, 0.25) is 0 Å². The number of nitrogens with zero attached hydrogens (tertiary/aromatic N) is 3. The molecule has 5 rings (SSSR count). The maximum Gasteiger partial charge on any atom is 0.234 e. The van der Waals surface area contributed by atoms with Crippen molar-refractivity contribution in [3.8, 4) is 11.4 Å². The number of rotatable bonds is 6. The number of nitrogens with one attached hydrogen (secondary N) is 1. The largest absolute Gasteiger partial charge is 0.325 e. The molecule has 1 aliphatic rings. The number of amides is 1. The molecule has 1 amide bonds. The summed E-state index contributed by atoms with van der Waals surface area (Å²) in [5, 5.41) is 17.2. The molecule has 158 valence electrons. The van der Waals surface area contributed by atoms with Crippen molar-refractivity contribution in [3.05, 3.63) is 58.3 Å². The number of aryl methyl sites for hydroxylation is 1. The van der Waals surface area contributed by atoms with Gasteiger partial charge in [0.15, 0.2) is 11.0 Å². The van der Waals surface area contributed by atoms with E-state index < -0.39 is 0 Å². The van der Waals surface area contributed by atoms with E-state index in [2.05, 4.69) is 32.4 Å². The monoisotopic (exact) mass is 448 g/mol. The van der Waals surface area contributed by atoms with Gasteiger partial charge in [-0.2, -0.15) is 0 Å². The Morgan fingerprint density at radius 3 is 2.87 bits per heavy atom. The van der Waals surface area contributed by atoms with Crippen LogP contribution in [0.25, 0.3) is 22.2 Å². The number of aromatic nitrogens is 3. The number of anilines is 1. The molecule has 1 N–H and O–H groups in total. The molecule has 0 aliphatic heterocycles. The smallest absolute Gasteiger partial charge is 0.234 e. The van der Waals surface area contributed by atoms with Crippen LogP contribution in [0.4, 0.5) is 5.69 Å². The average Bonchev–Trinajstić information content (AvgIpc) is 3.41. The third-order valence-electron chi connectivity index (χ3n) is 5.73. The lowest BCUT2D eigenvalue weighted by Crippen LogP contribution is -2.15. The highest BCUT2D eigenvalue weighted by atomic mass is 32.2. The van der Waals surface area contributed by atoms with Crippen LogP contribution in [0.15, 0.2) is 53.0 Å². The van der Waals surface area contributed by atoms with Crippen molar-refractivity contribution in [3.63, 3.8) is 0 Å². The molecular weight excluding hydrogens is 424 g/mol. The average molecular weight is 449 g/mol. The quantitative estimate of drug-likeness (QED) is 0.379. The number of carbonyl (C=O) groups excluding carboxylic acids is 1. The van der Waals surface area contributed by atoms with E-state index in [1.165, 1.54) is 47.0 Å². The molecule has 31 heavy (non-hydrogen) atoms. The van der Waals surface area contributed by atoms with E-state index in [1.54, 1.807) is 0 Å².